The molecule has 27 heavy (non-hydrogen) atoms. The first-order valence-electron chi connectivity index (χ1n) is 8.65. The van der Waals surface area contributed by atoms with E-state index >= 15 is 0 Å². The summed E-state index contributed by atoms with van der Waals surface area (Å²) in [5.41, 5.74) is 2.16. The molecule has 1 fully saturated rings. The number of anilines is 1. The largest absolute Gasteiger partial charge is 0.353 e. The van der Waals surface area contributed by atoms with Crippen LogP contribution in [0.3, 0.4) is 0 Å². The van der Waals surface area contributed by atoms with Gasteiger partial charge in [0.15, 0.2) is 0 Å². The molecule has 0 spiro atoms. The molecule has 2 N–H and O–H groups in total. The first-order valence-corrected chi connectivity index (χ1v) is 9.02. The first kappa shape index (κ1) is 18.9. The number of aryl methyl sites for hydroxylation is 1. The Kier molecular flexibility index (Phi) is 5.76. The van der Waals surface area contributed by atoms with Crippen molar-refractivity contribution in [2.45, 2.75) is 19.4 Å². The molecule has 0 saturated carbocycles. The fourth-order valence-corrected chi connectivity index (χ4v) is 3.07. The molecular formula is C20H20ClN3O3. The Morgan fingerprint density at radius 2 is 1.81 bits per heavy atom. The molecule has 0 bridgehead atoms. The highest BCUT2D eigenvalue weighted by Crippen LogP contribution is 2.17. The Labute approximate surface area is 162 Å². The molecular weight excluding hydrogens is 366 g/mol. The van der Waals surface area contributed by atoms with E-state index in [0.717, 1.165) is 5.56 Å². The molecule has 3 amide bonds. The van der Waals surface area contributed by atoms with Gasteiger partial charge >= 0.3 is 0 Å². The lowest BCUT2D eigenvalue weighted by Gasteiger charge is -2.34. The average molecular weight is 386 g/mol. The average Bonchev–Trinajstić information content (AvgIpc) is 2.65. The molecule has 1 heterocycles. The third kappa shape index (κ3) is 4.65. The van der Waals surface area contributed by atoms with Crippen molar-refractivity contribution in [1.29, 1.82) is 0 Å². The van der Waals surface area contributed by atoms with Crippen LogP contribution in [0.2, 0.25) is 5.02 Å². The van der Waals surface area contributed by atoms with E-state index in [2.05, 4.69) is 10.6 Å². The van der Waals surface area contributed by atoms with Gasteiger partial charge in [-0.05, 0) is 43.3 Å². The van der Waals surface area contributed by atoms with Crippen molar-refractivity contribution in [2.75, 3.05) is 18.4 Å². The van der Waals surface area contributed by atoms with Crippen molar-refractivity contribution in [3.63, 3.8) is 0 Å². The summed E-state index contributed by atoms with van der Waals surface area (Å²) in [6, 6.07) is 13.0. The van der Waals surface area contributed by atoms with Gasteiger partial charge in [-0.25, -0.2) is 0 Å². The molecule has 0 aromatic heterocycles. The molecule has 2 aromatic rings. The minimum Gasteiger partial charge on any atom is -0.353 e. The predicted octanol–water partition coefficient (Wildman–Crippen LogP) is 2.62. The molecule has 140 valence electrons. The molecule has 1 aliphatic rings. The van der Waals surface area contributed by atoms with Gasteiger partial charge < -0.3 is 15.5 Å². The normalized spacial score (nSPS) is 16.6. The zero-order chi connectivity index (χ0) is 19.4. The number of halogens is 1. The van der Waals surface area contributed by atoms with Crippen molar-refractivity contribution in [3.05, 3.63) is 64.7 Å². The van der Waals surface area contributed by atoms with Gasteiger partial charge in [0.05, 0.1) is 6.42 Å². The van der Waals surface area contributed by atoms with E-state index < -0.39 is 6.04 Å². The molecule has 0 aliphatic carbocycles. The molecule has 7 heteroatoms. The third-order valence-electron chi connectivity index (χ3n) is 4.40. The SMILES string of the molecule is Cc1ccc(NC(=O)C[C@@H]2C(=O)NCCN2C(=O)c2ccc(Cl)cc2)cc1. The third-order valence-corrected chi connectivity index (χ3v) is 4.65. The number of nitrogens with one attached hydrogen (secondary N) is 2. The van der Waals surface area contributed by atoms with Crippen molar-refractivity contribution in [1.82, 2.24) is 10.2 Å². The molecule has 1 aliphatic heterocycles. The lowest BCUT2D eigenvalue weighted by atomic mass is 10.1. The van der Waals surface area contributed by atoms with Gasteiger partial charge in [0.2, 0.25) is 11.8 Å². The Morgan fingerprint density at radius 3 is 2.48 bits per heavy atom. The van der Waals surface area contributed by atoms with E-state index in [1.807, 2.05) is 19.1 Å². The van der Waals surface area contributed by atoms with Crippen molar-refractivity contribution >= 4 is 35.0 Å². The van der Waals surface area contributed by atoms with E-state index in [0.29, 0.717) is 29.4 Å². The number of hydrogen-bond acceptors (Lipinski definition) is 3. The minimum absolute atomic E-state index is 0.112. The van der Waals surface area contributed by atoms with Gasteiger partial charge in [0, 0.05) is 29.4 Å². The summed E-state index contributed by atoms with van der Waals surface area (Å²) in [4.78, 5) is 39.0. The van der Waals surface area contributed by atoms with Gasteiger partial charge in [-0.15, -0.1) is 0 Å². The van der Waals surface area contributed by atoms with Crippen molar-refractivity contribution < 1.29 is 14.4 Å². The smallest absolute Gasteiger partial charge is 0.254 e. The second kappa shape index (κ2) is 8.22. The highest BCUT2D eigenvalue weighted by atomic mass is 35.5. The lowest BCUT2D eigenvalue weighted by Crippen LogP contribution is -2.58. The van der Waals surface area contributed by atoms with Crippen LogP contribution in [-0.2, 0) is 9.59 Å². The number of benzene rings is 2. The maximum atomic E-state index is 12.8. The summed E-state index contributed by atoms with van der Waals surface area (Å²) >= 11 is 5.87. The minimum atomic E-state index is -0.854. The van der Waals surface area contributed by atoms with Crippen LogP contribution in [0.4, 0.5) is 5.69 Å². The van der Waals surface area contributed by atoms with Crippen LogP contribution in [-0.4, -0.2) is 41.8 Å². The Bertz CT molecular complexity index is 850. The van der Waals surface area contributed by atoms with Crippen LogP contribution < -0.4 is 10.6 Å². The summed E-state index contributed by atoms with van der Waals surface area (Å²) in [7, 11) is 0. The van der Waals surface area contributed by atoms with Crippen LogP contribution in [0.5, 0.6) is 0 Å². The molecule has 3 rings (SSSR count). The maximum Gasteiger partial charge on any atom is 0.254 e. The predicted molar refractivity (Wildman–Crippen MR) is 104 cm³/mol. The Hall–Kier alpha value is -2.86. The number of piperazine rings is 1. The zero-order valence-electron chi connectivity index (χ0n) is 14.9. The van der Waals surface area contributed by atoms with Crippen LogP contribution in [0, 0.1) is 6.92 Å². The monoisotopic (exact) mass is 385 g/mol. The second-order valence-electron chi connectivity index (χ2n) is 6.43. The standard InChI is InChI=1S/C20H20ClN3O3/c1-13-2-8-16(9-3-13)23-18(25)12-17-19(26)22-10-11-24(17)20(27)14-4-6-15(21)7-5-14/h2-9,17H,10-12H2,1H3,(H,22,26)(H,23,25)/t17-/m1/s1. The summed E-state index contributed by atoms with van der Waals surface area (Å²) in [6.07, 6.45) is -0.112. The van der Waals surface area contributed by atoms with E-state index in [1.54, 1.807) is 36.4 Å². The second-order valence-corrected chi connectivity index (χ2v) is 6.87. The Balaban J connectivity index is 1.72. The van der Waals surface area contributed by atoms with Crippen LogP contribution in [0.1, 0.15) is 22.3 Å². The van der Waals surface area contributed by atoms with Gasteiger partial charge in [-0.3, -0.25) is 14.4 Å². The summed E-state index contributed by atoms with van der Waals surface area (Å²) in [5, 5.41) is 6.01. The van der Waals surface area contributed by atoms with Crippen LogP contribution >= 0.6 is 11.6 Å². The topological polar surface area (TPSA) is 78.5 Å². The first-order chi connectivity index (χ1) is 12.9. The fourth-order valence-electron chi connectivity index (χ4n) is 2.94. The number of nitrogens with zero attached hydrogens (tertiary/aromatic N) is 1. The number of rotatable bonds is 4. The summed E-state index contributed by atoms with van der Waals surface area (Å²) in [6.45, 7) is 2.65. The number of amides is 3. The molecule has 1 atom stereocenters. The van der Waals surface area contributed by atoms with Crippen molar-refractivity contribution in [3.8, 4) is 0 Å². The molecule has 1 saturated heterocycles. The van der Waals surface area contributed by atoms with Crippen LogP contribution in [0.15, 0.2) is 48.5 Å². The summed E-state index contributed by atoms with van der Waals surface area (Å²) in [5.74, 6) is -0.952. The highest BCUT2D eigenvalue weighted by Gasteiger charge is 2.35. The van der Waals surface area contributed by atoms with Crippen LogP contribution in [0.25, 0.3) is 0 Å². The van der Waals surface area contributed by atoms with Gasteiger partial charge in [0.1, 0.15) is 6.04 Å². The van der Waals surface area contributed by atoms with Gasteiger partial charge in [-0.2, -0.15) is 0 Å². The zero-order valence-corrected chi connectivity index (χ0v) is 15.6. The van der Waals surface area contributed by atoms with Gasteiger partial charge in [0.25, 0.3) is 5.91 Å². The maximum absolute atomic E-state index is 12.8. The van der Waals surface area contributed by atoms with Gasteiger partial charge in [-0.1, -0.05) is 29.3 Å². The number of hydrogen-bond donors (Lipinski definition) is 2. The van der Waals surface area contributed by atoms with Crippen molar-refractivity contribution in [2.24, 2.45) is 0 Å². The number of carbonyl (C=O) groups is 3. The van der Waals surface area contributed by atoms with E-state index in [-0.39, 0.29) is 24.1 Å². The molecule has 0 radical (unpaired) electrons. The number of carbonyl (C=O) groups excluding carboxylic acids is 3. The fraction of sp³-hybridized carbons (Fsp3) is 0.250. The quantitative estimate of drug-likeness (QED) is 0.849. The molecule has 6 nitrogen and oxygen atoms in total. The molecule has 0 unspecified atom stereocenters. The highest BCUT2D eigenvalue weighted by molar-refractivity contribution is 6.30. The van der Waals surface area contributed by atoms with E-state index in [1.165, 1.54) is 4.90 Å². The Morgan fingerprint density at radius 1 is 1.15 bits per heavy atom. The summed E-state index contributed by atoms with van der Waals surface area (Å²) < 4.78 is 0. The molecule has 2 aromatic carbocycles. The van der Waals surface area contributed by atoms with E-state index in [9.17, 15) is 14.4 Å². The lowest BCUT2D eigenvalue weighted by molar-refractivity contribution is -0.131. The van der Waals surface area contributed by atoms with E-state index in [4.69, 9.17) is 11.6 Å².